The zero-order valence-corrected chi connectivity index (χ0v) is 24.9. The first-order valence-electron chi connectivity index (χ1n) is 14.9. The van der Waals surface area contributed by atoms with Crippen LogP contribution in [0.25, 0.3) is 10.8 Å². The summed E-state index contributed by atoms with van der Waals surface area (Å²) in [6.07, 6.45) is 6.75. The second-order valence-corrected chi connectivity index (χ2v) is 13.7. The normalized spacial score (nSPS) is 23.4. The third-order valence-corrected chi connectivity index (χ3v) is 10.5. The fourth-order valence-electron chi connectivity index (χ4n) is 6.85. The molecule has 3 aromatic rings. The number of carbonyl (C=O) groups excluding carboxylic acids is 1. The highest BCUT2D eigenvalue weighted by Gasteiger charge is 2.53. The van der Waals surface area contributed by atoms with E-state index in [0.717, 1.165) is 43.2 Å². The molecule has 3 aromatic carbocycles. The van der Waals surface area contributed by atoms with Gasteiger partial charge in [-0.05, 0) is 111 Å². The Labute approximate surface area is 250 Å². The minimum absolute atomic E-state index is 0.125. The zero-order chi connectivity index (χ0) is 30.4. The Morgan fingerprint density at radius 3 is 2.19 bits per heavy atom. The number of methoxy groups -OCH3 is 1. The van der Waals surface area contributed by atoms with Crippen LogP contribution in [-0.4, -0.2) is 56.6 Å². The van der Waals surface area contributed by atoms with E-state index in [1.165, 1.54) is 36.3 Å². The van der Waals surface area contributed by atoms with Gasteiger partial charge in [-0.1, -0.05) is 12.1 Å². The molecule has 3 N–H and O–H groups in total. The van der Waals surface area contributed by atoms with Crippen LogP contribution in [0, 0.1) is 0 Å². The van der Waals surface area contributed by atoms with Gasteiger partial charge in [0.15, 0.2) is 6.04 Å². The number of sulfonamides is 1. The van der Waals surface area contributed by atoms with E-state index < -0.39 is 33.5 Å². The molecule has 1 aliphatic carbocycles. The summed E-state index contributed by atoms with van der Waals surface area (Å²) in [5.41, 5.74) is 5.66. The maximum absolute atomic E-state index is 16.3. The molecule has 2 unspecified atom stereocenters. The standard InChI is InChI=1S/C32H37F2N3O5S/c1-41-26-13-8-22(9-14-26)32(33,34)30(31(38)37-24-10-11-25(37)19-23(35)18-24)36-43(39,40)29-15-7-20-16-28(12-6-21(20)17-29)42-27-4-2-3-5-27/h6-9,12-17,23-25,27,30,36H,2-5,10-11,18-19,35H2,1H3/t23?,24?,25?,30-/m0/s1. The maximum atomic E-state index is 16.3. The molecule has 0 radical (unpaired) electrons. The van der Waals surface area contributed by atoms with Gasteiger partial charge in [0.25, 0.3) is 5.92 Å². The van der Waals surface area contributed by atoms with Crippen LogP contribution in [0.4, 0.5) is 8.78 Å². The number of piperidine rings is 1. The van der Waals surface area contributed by atoms with Crippen molar-refractivity contribution in [2.75, 3.05) is 7.11 Å². The van der Waals surface area contributed by atoms with Crippen LogP contribution in [0.3, 0.4) is 0 Å². The molecule has 1 amide bonds. The molecule has 1 saturated carbocycles. The van der Waals surface area contributed by atoms with Crippen LogP contribution in [0.5, 0.6) is 11.5 Å². The van der Waals surface area contributed by atoms with Gasteiger partial charge in [-0.2, -0.15) is 13.5 Å². The maximum Gasteiger partial charge on any atom is 0.298 e. The average molecular weight is 614 g/mol. The number of nitrogens with two attached hydrogens (primary N) is 1. The Bertz CT molecular complexity index is 1580. The molecule has 2 heterocycles. The highest BCUT2D eigenvalue weighted by Crippen LogP contribution is 2.40. The number of alkyl halides is 2. The molecular weight excluding hydrogens is 576 g/mol. The lowest BCUT2D eigenvalue weighted by Gasteiger charge is -2.41. The summed E-state index contributed by atoms with van der Waals surface area (Å²) < 4.78 is 73.2. The topological polar surface area (TPSA) is 111 Å². The lowest BCUT2D eigenvalue weighted by atomic mass is 9.94. The van der Waals surface area contributed by atoms with Crippen molar-refractivity contribution in [3.05, 3.63) is 66.2 Å². The lowest BCUT2D eigenvalue weighted by Crippen LogP contribution is -2.60. The number of fused-ring (bicyclic) bond motifs is 3. The Morgan fingerprint density at radius 1 is 0.930 bits per heavy atom. The number of nitrogens with zero attached hydrogens (tertiary/aromatic N) is 1. The number of amides is 1. The molecular formula is C32H37F2N3O5S. The van der Waals surface area contributed by atoms with Crippen molar-refractivity contribution in [2.45, 2.75) is 92.5 Å². The predicted octanol–water partition coefficient (Wildman–Crippen LogP) is 5.09. The Morgan fingerprint density at radius 2 is 1.53 bits per heavy atom. The molecule has 0 spiro atoms. The van der Waals surface area contributed by atoms with Gasteiger partial charge in [0, 0.05) is 23.7 Å². The van der Waals surface area contributed by atoms with Crippen LogP contribution in [0.2, 0.25) is 0 Å². The molecule has 230 valence electrons. The number of nitrogens with one attached hydrogen (secondary N) is 1. The fraction of sp³-hybridized carbons (Fsp3) is 0.469. The number of rotatable bonds is 9. The van der Waals surface area contributed by atoms with E-state index >= 15 is 8.78 Å². The molecule has 43 heavy (non-hydrogen) atoms. The summed E-state index contributed by atoms with van der Waals surface area (Å²) in [6.45, 7) is 0. The van der Waals surface area contributed by atoms with Gasteiger partial charge in [-0.25, -0.2) is 8.42 Å². The van der Waals surface area contributed by atoms with Gasteiger partial charge in [-0.15, -0.1) is 0 Å². The van der Waals surface area contributed by atoms with Crippen molar-refractivity contribution in [2.24, 2.45) is 5.73 Å². The van der Waals surface area contributed by atoms with Crippen LogP contribution in [-0.2, 0) is 20.7 Å². The minimum atomic E-state index is -4.55. The van der Waals surface area contributed by atoms with Crippen molar-refractivity contribution in [3.63, 3.8) is 0 Å². The summed E-state index contributed by atoms with van der Waals surface area (Å²) >= 11 is 0. The summed E-state index contributed by atoms with van der Waals surface area (Å²) in [6, 6.07) is 11.7. The SMILES string of the molecule is COc1ccc(C(F)(F)[C@@H](NS(=O)(=O)c2ccc3cc(OC4CCCC4)ccc3c2)C(=O)N2C3CCC2CC(N)C3)cc1. The monoisotopic (exact) mass is 613 g/mol. The van der Waals surface area contributed by atoms with Crippen molar-refractivity contribution < 1.29 is 31.5 Å². The fourth-order valence-corrected chi connectivity index (χ4v) is 8.08. The van der Waals surface area contributed by atoms with Crippen LogP contribution in [0.15, 0.2) is 65.6 Å². The van der Waals surface area contributed by atoms with E-state index in [1.807, 2.05) is 6.07 Å². The molecule has 3 fully saturated rings. The van der Waals surface area contributed by atoms with E-state index in [2.05, 4.69) is 4.72 Å². The third-order valence-electron chi connectivity index (χ3n) is 9.08. The largest absolute Gasteiger partial charge is 0.497 e. The number of halogens is 2. The molecule has 2 saturated heterocycles. The van der Waals surface area contributed by atoms with Gasteiger partial charge in [0.2, 0.25) is 15.9 Å². The van der Waals surface area contributed by atoms with E-state index in [9.17, 15) is 13.2 Å². The lowest BCUT2D eigenvalue weighted by molar-refractivity contribution is -0.149. The zero-order valence-electron chi connectivity index (χ0n) is 24.0. The number of hydrogen-bond donors (Lipinski definition) is 2. The predicted molar refractivity (Wildman–Crippen MR) is 159 cm³/mol. The second kappa shape index (κ2) is 11.7. The van der Waals surface area contributed by atoms with Gasteiger partial charge in [0.1, 0.15) is 11.5 Å². The highest BCUT2D eigenvalue weighted by atomic mass is 32.2. The Kier molecular flexibility index (Phi) is 8.08. The van der Waals surface area contributed by atoms with E-state index in [-0.39, 0.29) is 29.1 Å². The number of ether oxygens (including phenoxy) is 2. The summed E-state index contributed by atoms with van der Waals surface area (Å²) in [5, 5.41) is 1.36. The van der Waals surface area contributed by atoms with Crippen molar-refractivity contribution in [3.8, 4) is 11.5 Å². The minimum Gasteiger partial charge on any atom is -0.497 e. The molecule has 3 atom stereocenters. The molecule has 3 aliphatic rings. The van der Waals surface area contributed by atoms with Gasteiger partial charge in [-0.3, -0.25) is 4.79 Å². The summed E-state index contributed by atoms with van der Waals surface area (Å²) in [7, 11) is -3.14. The second-order valence-electron chi connectivity index (χ2n) is 12.0. The van der Waals surface area contributed by atoms with Gasteiger partial charge >= 0.3 is 0 Å². The van der Waals surface area contributed by atoms with Gasteiger partial charge < -0.3 is 20.1 Å². The van der Waals surface area contributed by atoms with E-state index in [0.29, 0.717) is 42.6 Å². The molecule has 2 bridgehead atoms. The average Bonchev–Trinajstić information content (AvgIpc) is 3.60. The van der Waals surface area contributed by atoms with Crippen LogP contribution >= 0.6 is 0 Å². The molecule has 6 rings (SSSR count). The number of benzene rings is 3. The van der Waals surface area contributed by atoms with Crippen molar-refractivity contribution in [1.29, 1.82) is 0 Å². The quantitative estimate of drug-likeness (QED) is 0.348. The Hall–Kier alpha value is -3.28. The first-order valence-corrected chi connectivity index (χ1v) is 16.4. The smallest absolute Gasteiger partial charge is 0.298 e. The molecule has 0 aromatic heterocycles. The summed E-state index contributed by atoms with van der Waals surface area (Å²) in [5.74, 6) is -3.75. The first kappa shape index (κ1) is 29.8. The Balaban J connectivity index is 1.31. The van der Waals surface area contributed by atoms with Crippen LogP contribution in [0.1, 0.15) is 56.9 Å². The first-order chi connectivity index (χ1) is 20.5. The van der Waals surface area contributed by atoms with Crippen LogP contribution < -0.4 is 19.9 Å². The number of hydrogen-bond acceptors (Lipinski definition) is 6. The highest BCUT2D eigenvalue weighted by molar-refractivity contribution is 7.89. The van der Waals surface area contributed by atoms with E-state index in [4.69, 9.17) is 15.2 Å². The molecule has 11 heteroatoms. The summed E-state index contributed by atoms with van der Waals surface area (Å²) in [4.78, 5) is 15.2. The molecule has 2 aliphatic heterocycles. The van der Waals surface area contributed by atoms with E-state index in [1.54, 1.807) is 18.2 Å². The number of carbonyl (C=O) groups is 1. The van der Waals surface area contributed by atoms with Gasteiger partial charge in [0.05, 0.1) is 18.1 Å². The molecule has 8 nitrogen and oxygen atoms in total. The van der Waals surface area contributed by atoms with Crippen molar-refractivity contribution in [1.82, 2.24) is 9.62 Å². The van der Waals surface area contributed by atoms with Crippen molar-refractivity contribution >= 4 is 26.7 Å². The third kappa shape index (κ3) is 5.94.